The van der Waals surface area contributed by atoms with Gasteiger partial charge in [0.1, 0.15) is 5.82 Å². The molecule has 3 rings (SSSR count). The Morgan fingerprint density at radius 1 is 1.35 bits per heavy atom. The zero-order valence-electron chi connectivity index (χ0n) is 9.80. The third kappa shape index (κ3) is 2.20. The third-order valence-corrected chi connectivity index (χ3v) is 3.66. The summed E-state index contributed by atoms with van der Waals surface area (Å²) in [6, 6.07) is 5.63. The van der Waals surface area contributed by atoms with Gasteiger partial charge < -0.3 is 10.3 Å². The average Bonchev–Trinajstić information content (AvgIpc) is 2.64. The molecule has 0 atom stereocenters. The lowest BCUT2D eigenvalue weighted by atomic mass is 9.93. The first-order chi connectivity index (χ1) is 8.33. The van der Waals surface area contributed by atoms with Crippen LogP contribution in [-0.4, -0.2) is 17.6 Å². The number of rotatable bonds is 4. The highest BCUT2D eigenvalue weighted by Gasteiger charge is 2.16. The lowest BCUT2D eigenvalue weighted by Crippen LogP contribution is -2.36. The van der Waals surface area contributed by atoms with Crippen molar-refractivity contribution in [2.75, 3.05) is 6.54 Å². The fraction of sp³-hybridized carbons (Fsp3) is 0.429. The summed E-state index contributed by atoms with van der Waals surface area (Å²) in [6.07, 6.45) is 6.92. The molecule has 0 aliphatic heterocycles. The predicted molar refractivity (Wildman–Crippen MR) is 67.6 cm³/mol. The quantitative estimate of drug-likeness (QED) is 0.833. The summed E-state index contributed by atoms with van der Waals surface area (Å²) in [5.74, 6) is -0.162. The van der Waals surface area contributed by atoms with Gasteiger partial charge in [-0.15, -0.1) is 0 Å². The van der Waals surface area contributed by atoms with Crippen molar-refractivity contribution in [1.82, 2.24) is 10.3 Å². The van der Waals surface area contributed by atoms with E-state index in [4.69, 9.17) is 0 Å². The zero-order chi connectivity index (χ0) is 11.7. The number of hydrogen-bond acceptors (Lipinski definition) is 1. The molecular weight excluding hydrogens is 215 g/mol. The minimum atomic E-state index is -0.162. The molecule has 0 radical (unpaired) electrons. The second kappa shape index (κ2) is 4.49. The van der Waals surface area contributed by atoms with E-state index in [9.17, 15) is 4.39 Å². The van der Waals surface area contributed by atoms with E-state index < -0.39 is 0 Å². The Morgan fingerprint density at radius 3 is 3.00 bits per heavy atom. The van der Waals surface area contributed by atoms with Gasteiger partial charge in [0, 0.05) is 23.1 Å². The van der Waals surface area contributed by atoms with E-state index in [0.29, 0.717) is 0 Å². The molecule has 3 heteroatoms. The van der Waals surface area contributed by atoms with Crippen LogP contribution in [0.15, 0.2) is 24.4 Å². The monoisotopic (exact) mass is 232 g/mol. The van der Waals surface area contributed by atoms with Gasteiger partial charge in [-0.25, -0.2) is 4.39 Å². The predicted octanol–water partition coefficient (Wildman–Crippen LogP) is 2.99. The number of aromatic nitrogens is 1. The number of aromatic amines is 1. The Kier molecular flexibility index (Phi) is 2.85. The first kappa shape index (κ1) is 10.8. The smallest absolute Gasteiger partial charge is 0.123 e. The van der Waals surface area contributed by atoms with Crippen LogP contribution >= 0.6 is 0 Å². The van der Waals surface area contributed by atoms with Gasteiger partial charge in [0.2, 0.25) is 0 Å². The lowest BCUT2D eigenvalue weighted by molar-refractivity contribution is 0.342. The number of benzene rings is 1. The Morgan fingerprint density at radius 2 is 2.24 bits per heavy atom. The van der Waals surface area contributed by atoms with E-state index >= 15 is 0 Å². The Balaban J connectivity index is 1.69. The Bertz CT molecular complexity index is 514. The highest BCUT2D eigenvalue weighted by atomic mass is 19.1. The van der Waals surface area contributed by atoms with Crippen molar-refractivity contribution in [2.24, 2.45) is 0 Å². The molecule has 1 aliphatic rings. The van der Waals surface area contributed by atoms with Crippen LogP contribution < -0.4 is 5.32 Å². The average molecular weight is 232 g/mol. The summed E-state index contributed by atoms with van der Waals surface area (Å²) in [5, 5.41) is 4.54. The fourth-order valence-corrected chi connectivity index (χ4v) is 2.38. The molecule has 1 aliphatic carbocycles. The minimum Gasteiger partial charge on any atom is -0.361 e. The van der Waals surface area contributed by atoms with Crippen molar-refractivity contribution >= 4 is 10.9 Å². The molecule has 2 aromatic rings. The Labute approximate surface area is 100 Å². The van der Waals surface area contributed by atoms with E-state index in [1.165, 1.54) is 30.9 Å². The molecule has 1 saturated carbocycles. The third-order valence-electron chi connectivity index (χ3n) is 3.66. The molecule has 90 valence electrons. The van der Waals surface area contributed by atoms with Gasteiger partial charge in [-0.05, 0) is 49.6 Å². The van der Waals surface area contributed by atoms with E-state index in [2.05, 4.69) is 10.3 Å². The normalized spacial score (nSPS) is 16.3. The molecule has 2 nitrogen and oxygen atoms in total. The van der Waals surface area contributed by atoms with Crippen LogP contribution in [0.5, 0.6) is 0 Å². The highest BCUT2D eigenvalue weighted by Crippen LogP contribution is 2.21. The van der Waals surface area contributed by atoms with Crippen LogP contribution in [0.1, 0.15) is 24.8 Å². The molecule has 17 heavy (non-hydrogen) atoms. The SMILES string of the molecule is Fc1ccc2[nH]cc(CCNC3CCC3)c2c1. The first-order valence-corrected chi connectivity index (χ1v) is 6.32. The molecule has 1 aromatic carbocycles. The van der Waals surface area contributed by atoms with Crippen molar-refractivity contribution < 1.29 is 4.39 Å². The molecule has 0 saturated heterocycles. The maximum atomic E-state index is 13.2. The number of hydrogen-bond donors (Lipinski definition) is 2. The second-order valence-corrected chi connectivity index (χ2v) is 4.84. The van der Waals surface area contributed by atoms with Gasteiger partial charge >= 0.3 is 0 Å². The minimum absolute atomic E-state index is 0.162. The summed E-state index contributed by atoms with van der Waals surface area (Å²) in [4.78, 5) is 3.19. The topological polar surface area (TPSA) is 27.8 Å². The van der Waals surface area contributed by atoms with Gasteiger partial charge in [0.05, 0.1) is 0 Å². The summed E-state index contributed by atoms with van der Waals surface area (Å²) >= 11 is 0. The molecule has 0 amide bonds. The van der Waals surface area contributed by atoms with Crippen LogP contribution in [0.4, 0.5) is 4.39 Å². The van der Waals surface area contributed by atoms with Crippen molar-refractivity contribution in [3.05, 3.63) is 35.8 Å². The summed E-state index contributed by atoms with van der Waals surface area (Å²) in [7, 11) is 0. The fourth-order valence-electron chi connectivity index (χ4n) is 2.38. The van der Waals surface area contributed by atoms with Crippen molar-refractivity contribution in [1.29, 1.82) is 0 Å². The molecule has 0 unspecified atom stereocenters. The zero-order valence-corrected chi connectivity index (χ0v) is 9.80. The van der Waals surface area contributed by atoms with Gasteiger partial charge in [0.25, 0.3) is 0 Å². The number of H-pyrrole nitrogens is 1. The largest absolute Gasteiger partial charge is 0.361 e. The molecule has 1 heterocycles. The number of nitrogens with one attached hydrogen (secondary N) is 2. The maximum absolute atomic E-state index is 13.2. The molecule has 0 spiro atoms. The maximum Gasteiger partial charge on any atom is 0.123 e. The van der Waals surface area contributed by atoms with Gasteiger partial charge in [-0.1, -0.05) is 6.42 Å². The summed E-state index contributed by atoms with van der Waals surface area (Å²) in [6.45, 7) is 0.980. The lowest BCUT2D eigenvalue weighted by Gasteiger charge is -2.26. The van der Waals surface area contributed by atoms with Gasteiger partial charge in [-0.3, -0.25) is 0 Å². The molecular formula is C14H17FN2. The van der Waals surface area contributed by atoms with E-state index in [1.807, 2.05) is 6.20 Å². The van der Waals surface area contributed by atoms with Gasteiger partial charge in [-0.2, -0.15) is 0 Å². The second-order valence-electron chi connectivity index (χ2n) is 4.84. The van der Waals surface area contributed by atoms with Crippen LogP contribution in [0.2, 0.25) is 0 Å². The van der Waals surface area contributed by atoms with Gasteiger partial charge in [0.15, 0.2) is 0 Å². The van der Waals surface area contributed by atoms with Crippen molar-refractivity contribution in [3.8, 4) is 0 Å². The van der Waals surface area contributed by atoms with Crippen molar-refractivity contribution in [2.45, 2.75) is 31.7 Å². The van der Waals surface area contributed by atoms with E-state index in [1.54, 1.807) is 12.1 Å². The molecule has 2 N–H and O–H groups in total. The Hall–Kier alpha value is -1.35. The van der Waals surface area contributed by atoms with Crippen LogP contribution in [0.25, 0.3) is 10.9 Å². The van der Waals surface area contributed by atoms with Crippen LogP contribution in [0, 0.1) is 5.82 Å². The van der Waals surface area contributed by atoms with E-state index in [-0.39, 0.29) is 5.82 Å². The first-order valence-electron chi connectivity index (χ1n) is 6.32. The van der Waals surface area contributed by atoms with Crippen LogP contribution in [-0.2, 0) is 6.42 Å². The molecule has 1 aromatic heterocycles. The van der Waals surface area contributed by atoms with Crippen LogP contribution in [0.3, 0.4) is 0 Å². The van der Waals surface area contributed by atoms with E-state index in [0.717, 1.165) is 29.9 Å². The molecule has 0 bridgehead atoms. The standard InChI is InChI=1S/C14H17FN2/c15-11-4-5-14-13(8-11)10(9-17-14)6-7-16-12-2-1-3-12/h4-5,8-9,12,16-17H,1-3,6-7H2. The number of halogens is 1. The highest BCUT2D eigenvalue weighted by molar-refractivity contribution is 5.83. The number of fused-ring (bicyclic) bond motifs is 1. The molecule has 1 fully saturated rings. The summed E-state index contributed by atoms with van der Waals surface area (Å²) < 4.78 is 13.2. The summed E-state index contributed by atoms with van der Waals surface area (Å²) in [5.41, 5.74) is 2.22. The van der Waals surface area contributed by atoms with Crippen molar-refractivity contribution in [3.63, 3.8) is 0 Å².